The van der Waals surface area contributed by atoms with E-state index in [0.717, 1.165) is 61.3 Å². The number of nitrogens with zero attached hydrogens (tertiary/aromatic N) is 2. The number of hydrogen-bond acceptors (Lipinski definition) is 3. The maximum Gasteiger partial charge on any atom is 0.243 e. The Hall–Kier alpha value is -3.86. The second-order valence-corrected chi connectivity index (χ2v) is 9.46. The van der Waals surface area contributed by atoms with Crippen LogP contribution in [-0.2, 0) is 17.8 Å². The van der Waals surface area contributed by atoms with Gasteiger partial charge in [0, 0.05) is 25.6 Å². The van der Waals surface area contributed by atoms with E-state index in [2.05, 4.69) is 54.1 Å². The number of hydrogen-bond donors (Lipinski definition) is 1. The third kappa shape index (κ3) is 7.81. The van der Waals surface area contributed by atoms with Gasteiger partial charge in [0.05, 0.1) is 17.6 Å². The van der Waals surface area contributed by atoms with Gasteiger partial charge in [-0.15, -0.1) is 0 Å². The molecule has 0 fully saturated rings. The summed E-state index contributed by atoms with van der Waals surface area (Å²) >= 11 is 0. The molecule has 0 atom stereocenters. The Labute approximate surface area is 220 Å². The van der Waals surface area contributed by atoms with Gasteiger partial charge in [-0.25, -0.2) is 4.98 Å². The van der Waals surface area contributed by atoms with Crippen molar-refractivity contribution >= 4 is 23.0 Å². The van der Waals surface area contributed by atoms with E-state index in [-0.39, 0.29) is 5.91 Å². The SMILES string of the molecule is Cc1ccc(OCCCn2c(CCCCCNC(=O)/C=C/c3ccccc3)nc3ccccc32)cc1C. The highest BCUT2D eigenvalue weighted by Gasteiger charge is 2.10. The van der Waals surface area contributed by atoms with Gasteiger partial charge in [-0.1, -0.05) is 55.0 Å². The molecule has 4 rings (SSSR count). The lowest BCUT2D eigenvalue weighted by Gasteiger charge is -2.11. The maximum absolute atomic E-state index is 12.0. The van der Waals surface area contributed by atoms with Gasteiger partial charge in [0.15, 0.2) is 0 Å². The van der Waals surface area contributed by atoms with Gasteiger partial charge in [-0.2, -0.15) is 0 Å². The van der Waals surface area contributed by atoms with Gasteiger partial charge in [-0.05, 0) is 80.1 Å². The predicted octanol–water partition coefficient (Wildman–Crippen LogP) is 6.66. The number of carbonyl (C=O) groups is 1. The highest BCUT2D eigenvalue weighted by atomic mass is 16.5. The normalized spacial score (nSPS) is 11.3. The molecule has 0 aliphatic carbocycles. The lowest BCUT2D eigenvalue weighted by Crippen LogP contribution is -2.22. The standard InChI is InChI=1S/C32H37N3O2/c1-25-17-19-28(24-26(25)2)37-23-11-22-35-30-15-9-8-14-29(30)34-31(35)16-7-4-10-21-33-32(36)20-18-27-12-5-3-6-13-27/h3,5-6,8-9,12-15,17-20,24H,4,7,10-11,16,21-23H2,1-2H3,(H,33,36)/b20-18+. The molecule has 192 valence electrons. The molecular formula is C32H37N3O2. The molecule has 0 aliphatic heterocycles. The number of unbranched alkanes of at least 4 members (excludes halogenated alkanes) is 2. The maximum atomic E-state index is 12.0. The summed E-state index contributed by atoms with van der Waals surface area (Å²) < 4.78 is 8.35. The average Bonchev–Trinajstić information content (AvgIpc) is 3.27. The fourth-order valence-corrected chi connectivity index (χ4v) is 4.37. The van der Waals surface area contributed by atoms with Crippen LogP contribution < -0.4 is 10.1 Å². The van der Waals surface area contributed by atoms with Crippen molar-refractivity contribution in [3.63, 3.8) is 0 Å². The van der Waals surface area contributed by atoms with E-state index in [9.17, 15) is 4.79 Å². The smallest absolute Gasteiger partial charge is 0.243 e. The van der Waals surface area contributed by atoms with E-state index in [0.29, 0.717) is 13.2 Å². The van der Waals surface area contributed by atoms with Crippen LogP contribution in [0.2, 0.25) is 0 Å². The molecule has 5 heteroatoms. The summed E-state index contributed by atoms with van der Waals surface area (Å²) in [7, 11) is 0. The van der Waals surface area contributed by atoms with Crippen LogP contribution in [0.5, 0.6) is 5.75 Å². The first kappa shape index (κ1) is 26.2. The molecule has 37 heavy (non-hydrogen) atoms. The van der Waals surface area contributed by atoms with E-state index >= 15 is 0 Å². The van der Waals surface area contributed by atoms with Crippen molar-refractivity contribution in [3.05, 3.63) is 101 Å². The fraction of sp³-hybridized carbons (Fsp3) is 0.312. The number of benzene rings is 3. The number of fused-ring (bicyclic) bond motifs is 1. The van der Waals surface area contributed by atoms with Gasteiger partial charge >= 0.3 is 0 Å². The first-order valence-electron chi connectivity index (χ1n) is 13.3. The molecule has 0 spiro atoms. The number of rotatable bonds is 13. The fourth-order valence-electron chi connectivity index (χ4n) is 4.37. The van der Waals surface area contributed by atoms with Crippen LogP contribution in [0.4, 0.5) is 0 Å². The second kappa shape index (κ2) is 13.4. The van der Waals surface area contributed by atoms with Gasteiger partial charge in [-0.3, -0.25) is 4.79 Å². The topological polar surface area (TPSA) is 56.1 Å². The van der Waals surface area contributed by atoms with Crippen molar-refractivity contribution in [1.82, 2.24) is 14.9 Å². The molecule has 1 N–H and O–H groups in total. The Kier molecular flexibility index (Phi) is 9.53. The number of imidazole rings is 1. The zero-order valence-corrected chi connectivity index (χ0v) is 22.0. The van der Waals surface area contributed by atoms with Crippen molar-refractivity contribution in [1.29, 1.82) is 0 Å². The molecule has 0 saturated carbocycles. The Balaban J connectivity index is 1.21. The number of aryl methyl sites for hydroxylation is 4. The molecule has 1 aromatic heterocycles. The van der Waals surface area contributed by atoms with Crippen molar-refractivity contribution in [3.8, 4) is 5.75 Å². The van der Waals surface area contributed by atoms with Crippen LogP contribution in [0.15, 0.2) is 78.9 Å². The van der Waals surface area contributed by atoms with Crippen molar-refractivity contribution in [2.24, 2.45) is 0 Å². The Bertz CT molecular complexity index is 1320. The quantitative estimate of drug-likeness (QED) is 0.167. The minimum absolute atomic E-state index is 0.0475. The lowest BCUT2D eigenvalue weighted by atomic mass is 10.1. The summed E-state index contributed by atoms with van der Waals surface area (Å²) in [6.45, 7) is 6.47. The van der Waals surface area contributed by atoms with E-state index in [1.54, 1.807) is 6.08 Å². The van der Waals surface area contributed by atoms with E-state index in [1.165, 1.54) is 16.6 Å². The van der Waals surface area contributed by atoms with Gasteiger partial charge in [0.1, 0.15) is 11.6 Å². The number of nitrogens with one attached hydrogen (secondary N) is 1. The van der Waals surface area contributed by atoms with Gasteiger partial charge < -0.3 is 14.6 Å². The zero-order chi connectivity index (χ0) is 25.9. The van der Waals surface area contributed by atoms with E-state index < -0.39 is 0 Å². The summed E-state index contributed by atoms with van der Waals surface area (Å²) in [5.41, 5.74) is 5.79. The second-order valence-electron chi connectivity index (χ2n) is 9.46. The lowest BCUT2D eigenvalue weighted by molar-refractivity contribution is -0.116. The first-order valence-corrected chi connectivity index (χ1v) is 13.3. The first-order chi connectivity index (χ1) is 18.1. The number of aromatic nitrogens is 2. The molecule has 0 radical (unpaired) electrons. The molecule has 0 bridgehead atoms. The summed E-state index contributed by atoms with van der Waals surface area (Å²) in [5, 5.41) is 2.98. The highest BCUT2D eigenvalue weighted by Crippen LogP contribution is 2.20. The van der Waals surface area contributed by atoms with Crippen molar-refractivity contribution in [2.75, 3.05) is 13.2 Å². The number of para-hydroxylation sites is 2. The molecule has 0 saturated heterocycles. The highest BCUT2D eigenvalue weighted by molar-refractivity contribution is 5.91. The summed E-state index contributed by atoms with van der Waals surface area (Å²) in [6, 6.07) is 24.5. The van der Waals surface area contributed by atoms with Crippen molar-refractivity contribution in [2.45, 2.75) is 52.5 Å². The molecule has 1 amide bonds. The van der Waals surface area contributed by atoms with Crippen molar-refractivity contribution < 1.29 is 9.53 Å². The third-order valence-corrected chi connectivity index (χ3v) is 6.61. The minimum Gasteiger partial charge on any atom is -0.494 e. The minimum atomic E-state index is -0.0475. The van der Waals surface area contributed by atoms with Crippen LogP contribution in [0.1, 0.15) is 48.2 Å². The van der Waals surface area contributed by atoms with Crippen LogP contribution >= 0.6 is 0 Å². The van der Waals surface area contributed by atoms with Gasteiger partial charge in [0.2, 0.25) is 5.91 Å². The number of carbonyl (C=O) groups excluding carboxylic acids is 1. The monoisotopic (exact) mass is 495 g/mol. The van der Waals surface area contributed by atoms with Crippen LogP contribution in [0, 0.1) is 13.8 Å². The predicted molar refractivity (Wildman–Crippen MR) is 152 cm³/mol. The summed E-state index contributed by atoms with van der Waals surface area (Å²) in [5.74, 6) is 2.01. The molecule has 0 unspecified atom stereocenters. The molecule has 1 heterocycles. The molecular weight excluding hydrogens is 458 g/mol. The largest absolute Gasteiger partial charge is 0.494 e. The van der Waals surface area contributed by atoms with Gasteiger partial charge in [0.25, 0.3) is 0 Å². The molecule has 0 aliphatic rings. The molecule has 4 aromatic rings. The Morgan fingerprint density at radius 3 is 2.57 bits per heavy atom. The number of ether oxygens (including phenoxy) is 1. The van der Waals surface area contributed by atoms with E-state index in [4.69, 9.17) is 9.72 Å². The summed E-state index contributed by atoms with van der Waals surface area (Å²) in [6.07, 6.45) is 8.32. The van der Waals surface area contributed by atoms with Crippen LogP contribution in [-0.4, -0.2) is 28.6 Å². The van der Waals surface area contributed by atoms with Crippen LogP contribution in [0.3, 0.4) is 0 Å². The Morgan fingerprint density at radius 2 is 1.73 bits per heavy atom. The average molecular weight is 496 g/mol. The third-order valence-electron chi connectivity index (χ3n) is 6.61. The summed E-state index contributed by atoms with van der Waals surface area (Å²) in [4.78, 5) is 17.0. The molecule has 3 aromatic carbocycles. The Morgan fingerprint density at radius 1 is 0.919 bits per heavy atom. The van der Waals surface area contributed by atoms with Crippen LogP contribution in [0.25, 0.3) is 17.1 Å². The molecule has 5 nitrogen and oxygen atoms in total. The zero-order valence-electron chi connectivity index (χ0n) is 22.0. The number of amides is 1. The van der Waals surface area contributed by atoms with E-state index in [1.807, 2.05) is 48.5 Å².